The van der Waals surface area contributed by atoms with E-state index in [1.54, 1.807) is 22.7 Å². The number of aliphatic hydroxyl groups excluding tert-OH is 6. The Morgan fingerprint density at radius 2 is 0.675 bits per heavy atom. The number of fused-ring (bicyclic) bond motifs is 22. The standard InChI is InChI=1S/C104H109N11O6S2/c1-7-30-106-33-34-108-41-45-114-93-75-51(2)78-90-85-69(49-70-86(101(85)122-103(90)83(75)62-23-13-15-25-64(62)97(93)118)81-65-28-16-26-59-57-20-10-8-18-55(57)47-67(79(59)65)73(81)53(4)95(70)116)92(100(78)121)113-44-40-110-37-38-111-42-46-115-94-76-52(3)77-84(61-22-12-14-24-63(61)91(99(77)120)112-43-39-109-36-35-107-32-31-105-6)104-89(76)88-72(98(94)119)50-71-87(102(88)123-104)82-66-29-17-27-60-58-21-11-9-19-56(58)48-68(80(60)66)74(82)54(5)96(71)117/h8-29,47-50,53-54,91-100,105-121H,7,30-46H2,1-6H3. The van der Waals surface area contributed by atoms with E-state index in [9.17, 15) is 30.6 Å². The number of rotatable bonds is 30. The average Bonchev–Trinajstić information content (AvgIpc) is 1.52. The van der Waals surface area contributed by atoms with Crippen LogP contribution in [0.25, 0.3) is 128 Å². The molecule has 12 unspecified atom stereocenters. The smallest absolute Gasteiger partial charge is 0.0994 e. The van der Waals surface area contributed by atoms with Gasteiger partial charge in [-0.1, -0.05) is 160 Å². The fraction of sp³-hybridized carbons (Fsp3) is 0.346. The van der Waals surface area contributed by atoms with Crippen molar-refractivity contribution < 1.29 is 30.6 Å². The first-order chi connectivity index (χ1) is 60.3. The molecular weight excluding hydrogens is 1560 g/mol. The summed E-state index contributed by atoms with van der Waals surface area (Å²) in [5, 5.41) is 134. The van der Waals surface area contributed by atoms with Crippen LogP contribution in [-0.4, -0.2) is 149 Å². The highest BCUT2D eigenvalue weighted by Gasteiger charge is 2.49. The third kappa shape index (κ3) is 12.2. The third-order valence-corrected chi connectivity index (χ3v) is 31.4. The van der Waals surface area contributed by atoms with Crippen LogP contribution >= 0.6 is 22.7 Å². The van der Waals surface area contributed by atoms with E-state index in [1.165, 1.54) is 87.6 Å². The molecule has 12 atom stereocenters. The first kappa shape index (κ1) is 79.8. The van der Waals surface area contributed by atoms with Gasteiger partial charge >= 0.3 is 0 Å². The Kier molecular flexibility index (Phi) is 20.8. The number of nitrogens with one attached hydrogen (secondary N) is 11. The number of hydrogen-bond acceptors (Lipinski definition) is 19. The largest absolute Gasteiger partial charge is 0.388 e. The Morgan fingerprint density at radius 1 is 0.293 bits per heavy atom. The molecule has 0 bridgehead atoms. The summed E-state index contributed by atoms with van der Waals surface area (Å²) < 4.78 is 4.35. The summed E-state index contributed by atoms with van der Waals surface area (Å²) in [6, 6.07) is 54.9. The van der Waals surface area contributed by atoms with Gasteiger partial charge in [-0.3, -0.25) is 0 Å². The maximum Gasteiger partial charge on any atom is 0.0994 e. The Bertz CT molecular complexity index is 6770. The van der Waals surface area contributed by atoms with E-state index in [1.807, 2.05) is 13.1 Å². The zero-order valence-electron chi connectivity index (χ0n) is 70.7. The van der Waals surface area contributed by atoms with Crippen molar-refractivity contribution >= 4 is 128 Å². The predicted molar refractivity (Wildman–Crippen MR) is 506 cm³/mol. The van der Waals surface area contributed by atoms with Gasteiger partial charge in [-0.2, -0.15) is 0 Å². The van der Waals surface area contributed by atoms with E-state index in [4.69, 9.17) is 0 Å². The quantitative estimate of drug-likeness (QED) is 0.0148. The SMILES string of the molecule is CCCNCCNCCNC1c2c(C)c3c4c(sc5c6c(cc(c54)C(NCCNCCNCCNC4c5c(C)c7c(c8sc9c%10c(cc(c9c58)C4O)C(O)C(C)C4=C%10c5cccc8c5c4cc4ccccc48)-c4ccccc4C(NCCNCCNCCNC)C7O)C3O)C(O)C(C)C3=C6c4cccc5c4c3cc3ccccc35)c2-c2ccccc2C1O. The van der Waals surface area contributed by atoms with Crippen LogP contribution in [-0.2, 0) is 0 Å². The molecule has 0 spiro atoms. The monoisotopic (exact) mass is 1670 g/mol. The normalized spacial score (nSPS) is 22.2. The number of thiophene rings is 2. The summed E-state index contributed by atoms with van der Waals surface area (Å²) >= 11 is 3.55. The molecule has 22 rings (SSSR count). The van der Waals surface area contributed by atoms with E-state index in [0.717, 1.165) is 206 Å². The molecule has 123 heavy (non-hydrogen) atoms. The second-order valence-electron chi connectivity index (χ2n) is 35.6. The van der Waals surface area contributed by atoms with Crippen molar-refractivity contribution in [2.45, 2.75) is 102 Å². The topological polar surface area (TPSA) is 254 Å². The Hall–Kier alpha value is -9.08. The van der Waals surface area contributed by atoms with Crippen LogP contribution in [0.2, 0.25) is 0 Å². The summed E-state index contributed by atoms with van der Waals surface area (Å²) in [6.07, 6.45) is -4.28. The second-order valence-corrected chi connectivity index (χ2v) is 37.7. The van der Waals surface area contributed by atoms with Crippen molar-refractivity contribution in [1.29, 1.82) is 0 Å². The number of hydrogen-bond donors (Lipinski definition) is 17. The zero-order valence-corrected chi connectivity index (χ0v) is 72.3. The van der Waals surface area contributed by atoms with Crippen LogP contribution in [0, 0.1) is 25.7 Å². The molecule has 8 aliphatic rings. The molecule has 0 fully saturated rings. The van der Waals surface area contributed by atoms with Gasteiger partial charge in [0, 0.05) is 179 Å². The van der Waals surface area contributed by atoms with Crippen LogP contribution in [0.1, 0.15) is 188 Å². The lowest BCUT2D eigenvalue weighted by Crippen LogP contribution is -2.39. The fourth-order valence-corrected chi connectivity index (χ4v) is 26.5. The molecule has 0 aliphatic heterocycles. The number of likely N-dealkylation sites (N-methyl/N-ethyl adjacent to an activating group) is 1. The van der Waals surface area contributed by atoms with E-state index in [-0.39, 0.29) is 17.9 Å². The van der Waals surface area contributed by atoms with Gasteiger partial charge in [0.15, 0.2) is 0 Å². The Balaban J connectivity index is 0.558. The molecule has 0 amide bonds. The van der Waals surface area contributed by atoms with E-state index >= 15 is 0 Å². The lowest BCUT2D eigenvalue weighted by atomic mass is 9.71. The lowest BCUT2D eigenvalue weighted by molar-refractivity contribution is 0.122. The molecule has 0 saturated carbocycles. The second kappa shape index (κ2) is 32.1. The van der Waals surface area contributed by atoms with Gasteiger partial charge in [-0.25, -0.2) is 0 Å². The van der Waals surface area contributed by atoms with Crippen LogP contribution in [0.3, 0.4) is 0 Å². The zero-order chi connectivity index (χ0) is 83.5. The van der Waals surface area contributed by atoms with Gasteiger partial charge in [-0.15, -0.1) is 22.7 Å². The fourth-order valence-electron chi connectivity index (χ4n) is 23.5. The summed E-state index contributed by atoms with van der Waals surface area (Å²) in [5.41, 5.74) is 27.1. The maximum absolute atomic E-state index is 13.6. The van der Waals surface area contributed by atoms with Crippen molar-refractivity contribution in [2.75, 3.05) is 118 Å². The number of aliphatic hydroxyl groups is 6. The van der Waals surface area contributed by atoms with Gasteiger partial charge in [0.2, 0.25) is 0 Å². The molecule has 17 nitrogen and oxygen atoms in total. The van der Waals surface area contributed by atoms with Crippen molar-refractivity contribution in [2.24, 2.45) is 11.8 Å². The summed E-state index contributed by atoms with van der Waals surface area (Å²) in [5.74, 6) is -0.460. The minimum atomic E-state index is -0.989. The Labute approximate surface area is 724 Å². The molecule has 0 saturated heterocycles. The average molecular weight is 1670 g/mol. The molecule has 0 radical (unpaired) electrons. The van der Waals surface area contributed by atoms with Crippen LogP contribution in [0.4, 0.5) is 0 Å². The van der Waals surface area contributed by atoms with Crippen molar-refractivity contribution in [3.8, 4) is 22.3 Å². The molecule has 12 aromatic carbocycles. The first-order valence-corrected chi connectivity index (χ1v) is 46.6. The molecule has 14 aromatic rings. The van der Waals surface area contributed by atoms with E-state index in [2.05, 4.69) is 245 Å². The summed E-state index contributed by atoms with van der Waals surface area (Å²) in [4.78, 5) is 0. The molecule has 2 aromatic heterocycles. The van der Waals surface area contributed by atoms with Crippen LogP contribution < -0.4 is 58.5 Å². The third-order valence-electron chi connectivity index (χ3n) is 28.9. The highest BCUT2D eigenvalue weighted by molar-refractivity contribution is 7.27. The van der Waals surface area contributed by atoms with Crippen molar-refractivity contribution in [1.82, 2.24) is 58.5 Å². The highest BCUT2D eigenvalue weighted by Crippen LogP contribution is 2.67. The maximum atomic E-state index is 13.6. The van der Waals surface area contributed by atoms with E-state index < -0.39 is 54.7 Å². The molecule has 17 N–H and O–H groups in total. The molecule has 2 heterocycles. The molecule has 628 valence electrons. The summed E-state index contributed by atoms with van der Waals surface area (Å²) in [6.45, 7) is 23.4. The molecule has 8 aliphatic carbocycles. The van der Waals surface area contributed by atoms with E-state index in [0.29, 0.717) is 52.4 Å². The van der Waals surface area contributed by atoms with Gasteiger partial charge in [0.25, 0.3) is 0 Å². The van der Waals surface area contributed by atoms with Gasteiger partial charge in [0.1, 0.15) is 0 Å². The minimum absolute atomic E-state index is 0.225. The summed E-state index contributed by atoms with van der Waals surface area (Å²) in [7, 11) is 1.97. The Morgan fingerprint density at radius 3 is 1.21 bits per heavy atom. The predicted octanol–water partition coefficient (Wildman–Crippen LogP) is 15.5. The van der Waals surface area contributed by atoms with Gasteiger partial charge < -0.3 is 89.1 Å². The lowest BCUT2D eigenvalue weighted by Gasteiger charge is -2.39. The van der Waals surface area contributed by atoms with Gasteiger partial charge in [0.05, 0.1) is 60.8 Å². The van der Waals surface area contributed by atoms with Crippen molar-refractivity contribution in [3.05, 3.63) is 258 Å². The highest BCUT2D eigenvalue weighted by atomic mass is 32.1. The molecular formula is C104H109N11O6S2. The van der Waals surface area contributed by atoms with Crippen LogP contribution in [0.5, 0.6) is 0 Å². The molecule has 19 heteroatoms. The van der Waals surface area contributed by atoms with Crippen LogP contribution in [0.15, 0.2) is 158 Å². The van der Waals surface area contributed by atoms with Crippen molar-refractivity contribution in [3.63, 3.8) is 0 Å². The minimum Gasteiger partial charge on any atom is -0.388 e. The van der Waals surface area contributed by atoms with Gasteiger partial charge in [-0.05, 0) is 218 Å². The first-order valence-electron chi connectivity index (χ1n) is 45.0. The number of benzene rings is 12.